The van der Waals surface area contributed by atoms with Gasteiger partial charge in [-0.15, -0.1) is 0 Å². The number of amides is 3. The number of aryl methyl sites for hydroxylation is 1. The summed E-state index contributed by atoms with van der Waals surface area (Å²) in [5.74, 6) is -0.277. The first kappa shape index (κ1) is 23.3. The molecule has 0 spiro atoms. The van der Waals surface area contributed by atoms with Crippen LogP contribution in [0.25, 0.3) is 0 Å². The van der Waals surface area contributed by atoms with Crippen molar-refractivity contribution < 1.29 is 14.4 Å². The lowest BCUT2D eigenvalue weighted by Gasteiger charge is -2.38. The molecule has 2 saturated heterocycles. The maximum absolute atomic E-state index is 13.2. The molecular weight excluding hydrogens is 440 g/mol. The molecule has 2 aliphatic rings. The van der Waals surface area contributed by atoms with Gasteiger partial charge in [0.2, 0.25) is 5.91 Å². The van der Waals surface area contributed by atoms with Crippen LogP contribution < -0.4 is 5.32 Å². The molecule has 3 amide bonds. The predicted octanol–water partition coefficient (Wildman–Crippen LogP) is 3.28. The number of carbonyl (C=O) groups excluding carboxylic acids is 3. The molecule has 2 aromatic carbocycles. The maximum atomic E-state index is 13.2. The summed E-state index contributed by atoms with van der Waals surface area (Å²) >= 11 is 6.06. The van der Waals surface area contributed by atoms with Crippen LogP contribution in [0.4, 0.5) is 5.69 Å². The molecule has 2 aromatic rings. The van der Waals surface area contributed by atoms with Gasteiger partial charge in [-0.25, -0.2) is 0 Å². The summed E-state index contributed by atoms with van der Waals surface area (Å²) in [5, 5.41) is 3.17. The highest BCUT2D eigenvalue weighted by Crippen LogP contribution is 2.26. The number of nitrogens with zero attached hydrogens (tertiary/aromatic N) is 3. The molecule has 33 heavy (non-hydrogen) atoms. The van der Waals surface area contributed by atoms with E-state index < -0.39 is 0 Å². The van der Waals surface area contributed by atoms with Crippen molar-refractivity contribution in [3.63, 3.8) is 0 Å². The largest absolute Gasteiger partial charge is 0.337 e. The third-order valence-electron chi connectivity index (χ3n) is 6.39. The van der Waals surface area contributed by atoms with Crippen molar-refractivity contribution in [2.75, 3.05) is 44.6 Å². The topological polar surface area (TPSA) is 73.0 Å². The van der Waals surface area contributed by atoms with Crippen molar-refractivity contribution in [1.82, 2.24) is 14.7 Å². The van der Waals surface area contributed by atoms with Crippen molar-refractivity contribution in [3.8, 4) is 0 Å². The fourth-order valence-electron chi connectivity index (χ4n) is 4.56. The summed E-state index contributed by atoms with van der Waals surface area (Å²) < 4.78 is 0. The molecule has 0 radical (unpaired) electrons. The molecular formula is C25H29ClN4O3. The van der Waals surface area contributed by atoms with Crippen LogP contribution in [-0.2, 0) is 4.79 Å². The van der Waals surface area contributed by atoms with Gasteiger partial charge >= 0.3 is 0 Å². The van der Waals surface area contributed by atoms with Crippen molar-refractivity contribution in [1.29, 1.82) is 0 Å². The fraction of sp³-hybridized carbons (Fsp3) is 0.400. The van der Waals surface area contributed by atoms with Gasteiger partial charge in [0.1, 0.15) is 0 Å². The van der Waals surface area contributed by atoms with E-state index in [-0.39, 0.29) is 23.8 Å². The lowest BCUT2D eigenvalue weighted by Crippen LogP contribution is -2.52. The number of carbonyl (C=O) groups is 3. The number of hydrogen-bond acceptors (Lipinski definition) is 4. The quantitative estimate of drug-likeness (QED) is 0.747. The number of benzene rings is 2. The van der Waals surface area contributed by atoms with Gasteiger partial charge in [-0.2, -0.15) is 0 Å². The number of anilines is 1. The van der Waals surface area contributed by atoms with Crippen LogP contribution in [0.1, 0.15) is 39.6 Å². The molecule has 8 heteroatoms. The van der Waals surface area contributed by atoms with Gasteiger partial charge in [-0.1, -0.05) is 29.3 Å². The third kappa shape index (κ3) is 5.37. The van der Waals surface area contributed by atoms with Crippen molar-refractivity contribution >= 4 is 35.0 Å². The summed E-state index contributed by atoms with van der Waals surface area (Å²) in [4.78, 5) is 43.6. The number of hydrogen-bond donors (Lipinski definition) is 1. The lowest BCUT2D eigenvalue weighted by molar-refractivity contribution is -0.114. The Morgan fingerprint density at radius 2 is 1.61 bits per heavy atom. The SMILES string of the molecule is CC(=O)Nc1cc(Cl)ccc1C(=O)N1CCC(N2CCN(C(=O)c3ccc(C)cc3)CC2)C1. The van der Waals surface area contributed by atoms with Crippen LogP contribution in [0, 0.1) is 6.92 Å². The van der Waals surface area contributed by atoms with Crippen LogP contribution in [0.5, 0.6) is 0 Å². The zero-order valence-electron chi connectivity index (χ0n) is 19.0. The summed E-state index contributed by atoms with van der Waals surface area (Å²) in [5.41, 5.74) is 2.75. The molecule has 7 nitrogen and oxygen atoms in total. The monoisotopic (exact) mass is 468 g/mol. The minimum Gasteiger partial charge on any atom is -0.337 e. The maximum Gasteiger partial charge on any atom is 0.256 e. The average molecular weight is 469 g/mol. The van der Waals surface area contributed by atoms with Crippen molar-refractivity contribution in [3.05, 3.63) is 64.2 Å². The van der Waals surface area contributed by atoms with Gasteiger partial charge in [-0.3, -0.25) is 19.3 Å². The van der Waals surface area contributed by atoms with E-state index in [1.165, 1.54) is 6.92 Å². The Morgan fingerprint density at radius 3 is 2.27 bits per heavy atom. The fourth-order valence-corrected chi connectivity index (χ4v) is 4.73. The molecule has 0 aromatic heterocycles. The number of rotatable bonds is 4. The second-order valence-corrected chi connectivity index (χ2v) is 9.20. The molecule has 1 N–H and O–H groups in total. The molecule has 0 saturated carbocycles. The smallest absolute Gasteiger partial charge is 0.256 e. The molecule has 1 atom stereocenters. The third-order valence-corrected chi connectivity index (χ3v) is 6.62. The van der Waals surface area contributed by atoms with Gasteiger partial charge in [0.15, 0.2) is 0 Å². The average Bonchev–Trinajstić information content (AvgIpc) is 3.29. The number of halogens is 1. The molecule has 0 aliphatic carbocycles. The van der Waals surface area contributed by atoms with Crippen LogP contribution in [0.2, 0.25) is 5.02 Å². The Kier molecular flexibility index (Phi) is 7.00. The van der Waals surface area contributed by atoms with E-state index in [4.69, 9.17) is 11.6 Å². The van der Waals surface area contributed by atoms with Gasteiger partial charge < -0.3 is 15.1 Å². The van der Waals surface area contributed by atoms with Crippen LogP contribution in [0.3, 0.4) is 0 Å². The van der Waals surface area contributed by atoms with Crippen LogP contribution >= 0.6 is 11.6 Å². The van der Waals surface area contributed by atoms with E-state index in [0.717, 1.165) is 30.6 Å². The lowest BCUT2D eigenvalue weighted by atomic mass is 10.1. The Labute approximate surface area is 199 Å². The Morgan fingerprint density at radius 1 is 0.909 bits per heavy atom. The van der Waals surface area contributed by atoms with Crippen LogP contribution in [0.15, 0.2) is 42.5 Å². The molecule has 2 fully saturated rings. The normalized spacial score (nSPS) is 18.9. The van der Waals surface area contributed by atoms with Gasteiger partial charge in [-0.05, 0) is 43.7 Å². The summed E-state index contributed by atoms with van der Waals surface area (Å²) in [6.45, 7) is 7.66. The first-order chi connectivity index (χ1) is 15.8. The predicted molar refractivity (Wildman–Crippen MR) is 129 cm³/mol. The van der Waals surface area contributed by atoms with E-state index in [1.807, 2.05) is 41.0 Å². The number of nitrogens with one attached hydrogen (secondary N) is 1. The van der Waals surface area contributed by atoms with E-state index in [2.05, 4.69) is 10.2 Å². The molecule has 1 unspecified atom stereocenters. The first-order valence-electron chi connectivity index (χ1n) is 11.3. The van der Waals surface area contributed by atoms with E-state index >= 15 is 0 Å². The highest BCUT2D eigenvalue weighted by Gasteiger charge is 2.34. The highest BCUT2D eigenvalue weighted by molar-refractivity contribution is 6.31. The van der Waals surface area contributed by atoms with Gasteiger partial charge in [0.05, 0.1) is 11.3 Å². The Bertz CT molecular complexity index is 1050. The van der Waals surface area contributed by atoms with E-state index in [0.29, 0.717) is 42.5 Å². The molecule has 0 bridgehead atoms. The van der Waals surface area contributed by atoms with E-state index in [1.54, 1.807) is 18.2 Å². The molecule has 4 rings (SSSR count). The minimum atomic E-state index is -0.247. The Balaban J connectivity index is 1.34. The van der Waals surface area contributed by atoms with Gasteiger partial charge in [0.25, 0.3) is 11.8 Å². The standard InChI is InChI=1S/C25H29ClN4O3/c1-17-3-5-19(6-4-17)24(32)29-13-11-28(12-14-29)21-9-10-30(16-21)25(33)22-8-7-20(26)15-23(22)27-18(2)31/h3-8,15,21H,9-14,16H2,1-2H3,(H,27,31). The van der Waals surface area contributed by atoms with Crippen LogP contribution in [-0.4, -0.2) is 77.7 Å². The second kappa shape index (κ2) is 9.93. The first-order valence-corrected chi connectivity index (χ1v) is 11.7. The number of likely N-dealkylation sites (tertiary alicyclic amines) is 1. The summed E-state index contributed by atoms with van der Waals surface area (Å²) in [6, 6.07) is 12.9. The minimum absolute atomic E-state index is 0.0751. The zero-order chi connectivity index (χ0) is 23.5. The zero-order valence-corrected chi connectivity index (χ0v) is 19.8. The van der Waals surface area contributed by atoms with Gasteiger partial charge in [0, 0.05) is 62.8 Å². The summed E-state index contributed by atoms with van der Waals surface area (Å²) in [6.07, 6.45) is 0.890. The Hall–Kier alpha value is -2.90. The highest BCUT2D eigenvalue weighted by atomic mass is 35.5. The van der Waals surface area contributed by atoms with Crippen molar-refractivity contribution in [2.24, 2.45) is 0 Å². The molecule has 174 valence electrons. The summed E-state index contributed by atoms with van der Waals surface area (Å²) in [7, 11) is 0. The van der Waals surface area contributed by atoms with Crippen molar-refractivity contribution in [2.45, 2.75) is 26.3 Å². The van der Waals surface area contributed by atoms with E-state index in [9.17, 15) is 14.4 Å². The molecule has 2 aliphatic heterocycles. The second-order valence-electron chi connectivity index (χ2n) is 8.76. The molecule has 2 heterocycles. The number of piperazine rings is 1.